The second-order valence-electron chi connectivity index (χ2n) is 3.38. The van der Waals surface area contributed by atoms with Gasteiger partial charge in [0.2, 0.25) is 5.95 Å². The van der Waals surface area contributed by atoms with E-state index in [1.165, 1.54) is 5.56 Å². The Morgan fingerprint density at radius 3 is 2.60 bits per heavy atom. The lowest BCUT2D eigenvalue weighted by atomic mass is 10.1. The number of rotatable bonds is 3. The van der Waals surface area contributed by atoms with Crippen LogP contribution in [0.5, 0.6) is 0 Å². The zero-order chi connectivity index (χ0) is 10.7. The maximum absolute atomic E-state index is 5.95. The maximum Gasteiger partial charge on any atom is 0.239 e. The Morgan fingerprint density at radius 2 is 2.00 bits per heavy atom. The van der Waals surface area contributed by atoms with Crippen LogP contribution in [0.1, 0.15) is 17.4 Å². The van der Waals surface area contributed by atoms with Crippen LogP contribution in [0.25, 0.3) is 0 Å². The Hall–Kier alpha value is -1.88. The van der Waals surface area contributed by atoms with Crippen molar-refractivity contribution >= 4 is 5.95 Å². The van der Waals surface area contributed by atoms with E-state index >= 15 is 0 Å². The molecule has 0 spiro atoms. The largest absolute Gasteiger partial charge is 0.367 e. The van der Waals surface area contributed by atoms with Crippen molar-refractivity contribution in [2.45, 2.75) is 12.5 Å². The summed E-state index contributed by atoms with van der Waals surface area (Å²) >= 11 is 0. The van der Waals surface area contributed by atoms with Crippen molar-refractivity contribution in [2.24, 2.45) is 5.73 Å². The highest BCUT2D eigenvalue weighted by molar-refractivity contribution is 5.19. The molecule has 0 aliphatic rings. The molecule has 5 heteroatoms. The number of benzene rings is 1. The van der Waals surface area contributed by atoms with Gasteiger partial charge < -0.3 is 11.5 Å². The van der Waals surface area contributed by atoms with Crippen LogP contribution in [-0.4, -0.2) is 15.2 Å². The van der Waals surface area contributed by atoms with E-state index in [4.69, 9.17) is 11.5 Å². The summed E-state index contributed by atoms with van der Waals surface area (Å²) in [5, 5.41) is 6.46. The third kappa shape index (κ3) is 2.32. The normalized spacial score (nSPS) is 12.6. The third-order valence-electron chi connectivity index (χ3n) is 2.17. The Labute approximate surface area is 87.5 Å². The van der Waals surface area contributed by atoms with Gasteiger partial charge in [-0.1, -0.05) is 30.3 Å². The first kappa shape index (κ1) is 9.67. The van der Waals surface area contributed by atoms with E-state index in [0.29, 0.717) is 5.82 Å². The van der Waals surface area contributed by atoms with Crippen LogP contribution in [-0.2, 0) is 6.42 Å². The van der Waals surface area contributed by atoms with Crippen LogP contribution in [0.2, 0.25) is 0 Å². The minimum atomic E-state index is -0.197. The molecule has 5 nitrogen and oxygen atoms in total. The fourth-order valence-electron chi connectivity index (χ4n) is 1.42. The van der Waals surface area contributed by atoms with Crippen LogP contribution in [0.15, 0.2) is 30.3 Å². The SMILES string of the molecule is Nc1n[nH]c(C(N)Cc2ccccc2)n1. The van der Waals surface area contributed by atoms with Crippen molar-refractivity contribution < 1.29 is 0 Å². The summed E-state index contributed by atoms with van der Waals surface area (Å²) in [5.41, 5.74) is 12.5. The molecule has 0 fully saturated rings. The van der Waals surface area contributed by atoms with Crippen LogP contribution < -0.4 is 11.5 Å². The van der Waals surface area contributed by atoms with Gasteiger partial charge >= 0.3 is 0 Å². The third-order valence-corrected chi connectivity index (χ3v) is 2.17. The van der Waals surface area contributed by atoms with E-state index < -0.39 is 0 Å². The summed E-state index contributed by atoms with van der Waals surface area (Å²) in [6.45, 7) is 0. The quantitative estimate of drug-likeness (QED) is 0.682. The average molecular weight is 203 g/mol. The highest BCUT2D eigenvalue weighted by Gasteiger charge is 2.10. The minimum absolute atomic E-state index is 0.197. The number of nitrogens with one attached hydrogen (secondary N) is 1. The van der Waals surface area contributed by atoms with Gasteiger partial charge in [0, 0.05) is 0 Å². The van der Waals surface area contributed by atoms with E-state index in [2.05, 4.69) is 15.2 Å². The number of nitrogens with two attached hydrogens (primary N) is 2. The molecule has 1 aromatic carbocycles. The lowest BCUT2D eigenvalue weighted by Gasteiger charge is -2.07. The van der Waals surface area contributed by atoms with Gasteiger partial charge in [0.25, 0.3) is 0 Å². The zero-order valence-electron chi connectivity index (χ0n) is 8.22. The fourth-order valence-corrected chi connectivity index (χ4v) is 1.42. The number of aromatic amines is 1. The Morgan fingerprint density at radius 1 is 1.27 bits per heavy atom. The van der Waals surface area contributed by atoms with Gasteiger partial charge in [0.15, 0.2) is 0 Å². The molecule has 0 aliphatic carbocycles. The Bertz CT molecular complexity index is 422. The Kier molecular flexibility index (Phi) is 2.64. The van der Waals surface area contributed by atoms with Gasteiger partial charge in [0.1, 0.15) is 5.82 Å². The number of aromatic nitrogens is 3. The van der Waals surface area contributed by atoms with Crippen LogP contribution in [0, 0.1) is 0 Å². The topological polar surface area (TPSA) is 93.6 Å². The van der Waals surface area contributed by atoms with Crippen molar-refractivity contribution in [3.8, 4) is 0 Å². The van der Waals surface area contributed by atoms with Gasteiger partial charge in [-0.25, -0.2) is 0 Å². The molecule has 0 saturated carbocycles. The summed E-state index contributed by atoms with van der Waals surface area (Å²) < 4.78 is 0. The molecule has 1 heterocycles. The lowest BCUT2D eigenvalue weighted by Crippen LogP contribution is -2.15. The van der Waals surface area contributed by atoms with Gasteiger partial charge in [-0.05, 0) is 12.0 Å². The molecule has 5 N–H and O–H groups in total. The van der Waals surface area contributed by atoms with Crippen LogP contribution in [0.4, 0.5) is 5.95 Å². The van der Waals surface area contributed by atoms with Crippen molar-refractivity contribution in [3.63, 3.8) is 0 Å². The summed E-state index contributed by atoms with van der Waals surface area (Å²) in [4.78, 5) is 3.99. The average Bonchev–Trinajstić information content (AvgIpc) is 2.66. The first-order valence-electron chi connectivity index (χ1n) is 4.73. The minimum Gasteiger partial charge on any atom is -0.367 e. The molecule has 15 heavy (non-hydrogen) atoms. The predicted molar refractivity (Wildman–Crippen MR) is 57.9 cm³/mol. The van der Waals surface area contributed by atoms with Crippen molar-refractivity contribution in [2.75, 3.05) is 5.73 Å². The summed E-state index contributed by atoms with van der Waals surface area (Å²) in [6, 6.07) is 9.80. The monoisotopic (exact) mass is 203 g/mol. The fraction of sp³-hybridized carbons (Fsp3) is 0.200. The van der Waals surface area contributed by atoms with E-state index in [-0.39, 0.29) is 12.0 Å². The van der Waals surface area contributed by atoms with E-state index in [0.717, 1.165) is 6.42 Å². The van der Waals surface area contributed by atoms with E-state index in [9.17, 15) is 0 Å². The first-order valence-corrected chi connectivity index (χ1v) is 4.73. The van der Waals surface area contributed by atoms with Crippen molar-refractivity contribution in [1.29, 1.82) is 0 Å². The molecule has 78 valence electrons. The molecule has 0 amide bonds. The number of anilines is 1. The lowest BCUT2D eigenvalue weighted by molar-refractivity contribution is 0.671. The molecule has 2 aromatic rings. The standard InChI is InChI=1S/C10H13N5/c11-8(9-13-10(12)15-14-9)6-7-4-2-1-3-5-7/h1-5,8H,6,11H2,(H3,12,13,14,15). The number of hydrogen-bond acceptors (Lipinski definition) is 4. The first-order chi connectivity index (χ1) is 7.25. The molecule has 0 radical (unpaired) electrons. The Balaban J connectivity index is 2.07. The zero-order valence-corrected chi connectivity index (χ0v) is 8.22. The molecule has 0 aliphatic heterocycles. The van der Waals surface area contributed by atoms with Crippen molar-refractivity contribution in [3.05, 3.63) is 41.7 Å². The van der Waals surface area contributed by atoms with E-state index in [1.54, 1.807) is 0 Å². The molecular weight excluding hydrogens is 190 g/mol. The second-order valence-corrected chi connectivity index (χ2v) is 3.38. The molecule has 0 saturated heterocycles. The van der Waals surface area contributed by atoms with Gasteiger partial charge in [0.05, 0.1) is 6.04 Å². The highest BCUT2D eigenvalue weighted by Crippen LogP contribution is 2.12. The molecule has 1 atom stereocenters. The molecule has 1 aromatic heterocycles. The van der Waals surface area contributed by atoms with Crippen LogP contribution >= 0.6 is 0 Å². The summed E-state index contributed by atoms with van der Waals surface area (Å²) in [7, 11) is 0. The van der Waals surface area contributed by atoms with Gasteiger partial charge in [-0.15, -0.1) is 5.10 Å². The van der Waals surface area contributed by atoms with Crippen LogP contribution in [0.3, 0.4) is 0 Å². The predicted octanol–water partition coefficient (Wildman–Crippen LogP) is 0.629. The molecule has 2 rings (SSSR count). The van der Waals surface area contributed by atoms with E-state index in [1.807, 2.05) is 30.3 Å². The number of nitrogen functional groups attached to an aromatic ring is 1. The molecular formula is C10H13N5. The number of nitrogens with zero attached hydrogens (tertiary/aromatic N) is 2. The molecule has 0 bridgehead atoms. The van der Waals surface area contributed by atoms with Gasteiger partial charge in [-0.3, -0.25) is 5.10 Å². The van der Waals surface area contributed by atoms with Gasteiger partial charge in [-0.2, -0.15) is 4.98 Å². The van der Waals surface area contributed by atoms with Crippen molar-refractivity contribution in [1.82, 2.24) is 15.2 Å². The maximum atomic E-state index is 5.95. The number of H-pyrrole nitrogens is 1. The number of hydrogen-bond donors (Lipinski definition) is 3. The molecule has 1 unspecified atom stereocenters. The highest BCUT2D eigenvalue weighted by atomic mass is 15.3. The summed E-state index contributed by atoms with van der Waals surface area (Å²) in [5.74, 6) is 0.852. The second kappa shape index (κ2) is 4.10. The smallest absolute Gasteiger partial charge is 0.239 e. The summed E-state index contributed by atoms with van der Waals surface area (Å²) in [6.07, 6.45) is 0.718.